The van der Waals surface area contributed by atoms with Crippen molar-refractivity contribution >= 4 is 11.4 Å². The van der Waals surface area contributed by atoms with Crippen LogP contribution in [0, 0.1) is 10.1 Å². The van der Waals surface area contributed by atoms with Gasteiger partial charge in [-0.25, -0.2) is 0 Å². The zero-order valence-corrected chi connectivity index (χ0v) is 10.9. The van der Waals surface area contributed by atoms with Crippen LogP contribution in [0.3, 0.4) is 0 Å². The van der Waals surface area contributed by atoms with E-state index in [1.807, 2.05) is 7.05 Å². The fourth-order valence-electron chi connectivity index (χ4n) is 2.27. The highest BCUT2D eigenvalue weighted by atomic mass is 19.4. The third-order valence-electron chi connectivity index (χ3n) is 3.45. The summed E-state index contributed by atoms with van der Waals surface area (Å²) in [7, 11) is 1.98. The number of non-ortho nitro benzene ring substituents is 1. The molecule has 0 radical (unpaired) electrons. The lowest BCUT2D eigenvalue weighted by atomic mass is 10.1. The zero-order valence-electron chi connectivity index (χ0n) is 10.9. The Labute approximate surface area is 113 Å². The highest BCUT2D eigenvalue weighted by Crippen LogP contribution is 2.38. The van der Waals surface area contributed by atoms with Crippen LogP contribution < -0.4 is 9.80 Å². The second-order valence-electron chi connectivity index (χ2n) is 4.90. The predicted molar refractivity (Wildman–Crippen MR) is 66.9 cm³/mol. The van der Waals surface area contributed by atoms with Crippen molar-refractivity contribution in [3.8, 4) is 0 Å². The van der Waals surface area contributed by atoms with Gasteiger partial charge in [0.25, 0.3) is 5.69 Å². The van der Waals surface area contributed by atoms with E-state index in [1.165, 1.54) is 11.0 Å². The summed E-state index contributed by atoms with van der Waals surface area (Å²) in [5, 5.41) is 10.6. The van der Waals surface area contributed by atoms with Crippen LogP contribution in [-0.4, -0.2) is 38.2 Å². The van der Waals surface area contributed by atoms with Gasteiger partial charge in [-0.15, -0.1) is 0 Å². The molecule has 5 nitrogen and oxygen atoms in total. The van der Waals surface area contributed by atoms with Crippen LogP contribution >= 0.6 is 0 Å². The monoisotopic (exact) mass is 290 g/mol. The van der Waals surface area contributed by atoms with E-state index in [1.54, 1.807) is 4.90 Å². The highest BCUT2D eigenvalue weighted by molar-refractivity contribution is 5.59. The number of hydrogen-bond donors (Lipinski definition) is 1. The second kappa shape index (κ2) is 5.28. The summed E-state index contributed by atoms with van der Waals surface area (Å²) in [5.74, 6) is 0. The van der Waals surface area contributed by atoms with Crippen molar-refractivity contribution in [1.82, 2.24) is 0 Å². The molecule has 0 aromatic heterocycles. The fraction of sp³-hybridized carbons (Fsp3) is 0.500. The summed E-state index contributed by atoms with van der Waals surface area (Å²) in [5.41, 5.74) is -1.46. The van der Waals surface area contributed by atoms with E-state index in [4.69, 9.17) is 0 Å². The van der Waals surface area contributed by atoms with Gasteiger partial charge in [-0.05, 0) is 6.07 Å². The Morgan fingerprint density at radius 2 is 1.90 bits per heavy atom. The van der Waals surface area contributed by atoms with Crippen molar-refractivity contribution < 1.29 is 23.0 Å². The number of piperazine rings is 1. The SMILES string of the molecule is C[NH+]1CCN(c2ccc([N+](=O)[O-])cc2C(F)(F)F)CC1. The number of nitrogens with zero attached hydrogens (tertiary/aromatic N) is 2. The van der Waals surface area contributed by atoms with Gasteiger partial charge >= 0.3 is 6.18 Å². The zero-order chi connectivity index (χ0) is 14.9. The van der Waals surface area contributed by atoms with E-state index in [0.717, 1.165) is 19.2 Å². The summed E-state index contributed by atoms with van der Waals surface area (Å²) in [4.78, 5) is 12.7. The van der Waals surface area contributed by atoms with Crippen molar-refractivity contribution in [2.75, 3.05) is 38.1 Å². The van der Waals surface area contributed by atoms with E-state index in [2.05, 4.69) is 0 Å². The number of nitro groups is 1. The molecular weight excluding hydrogens is 275 g/mol. The maximum absolute atomic E-state index is 13.1. The van der Waals surface area contributed by atoms with Gasteiger partial charge in [0.05, 0.1) is 43.7 Å². The molecule has 1 fully saturated rings. The van der Waals surface area contributed by atoms with Crippen LogP contribution in [0.1, 0.15) is 5.56 Å². The Morgan fingerprint density at radius 1 is 1.30 bits per heavy atom. The lowest BCUT2D eigenvalue weighted by Crippen LogP contribution is -3.12. The Kier molecular flexibility index (Phi) is 3.85. The van der Waals surface area contributed by atoms with Gasteiger partial charge in [-0.3, -0.25) is 10.1 Å². The number of nitrogens with one attached hydrogen (secondary N) is 1. The first kappa shape index (κ1) is 14.6. The molecule has 2 rings (SSSR count). The molecule has 0 aliphatic carbocycles. The van der Waals surface area contributed by atoms with Crippen molar-refractivity contribution in [3.05, 3.63) is 33.9 Å². The summed E-state index contributed by atoms with van der Waals surface area (Å²) in [6, 6.07) is 2.93. The smallest absolute Gasteiger partial charge is 0.360 e. The van der Waals surface area contributed by atoms with Crippen LogP contribution in [0.2, 0.25) is 0 Å². The van der Waals surface area contributed by atoms with Gasteiger partial charge in [0, 0.05) is 17.8 Å². The number of quaternary nitrogens is 1. The first-order valence-corrected chi connectivity index (χ1v) is 6.21. The lowest BCUT2D eigenvalue weighted by Gasteiger charge is -2.33. The highest BCUT2D eigenvalue weighted by Gasteiger charge is 2.37. The summed E-state index contributed by atoms with van der Waals surface area (Å²) in [6.45, 7) is 2.50. The Bertz CT molecular complexity index is 511. The first-order chi connectivity index (χ1) is 9.29. The first-order valence-electron chi connectivity index (χ1n) is 6.21. The van der Waals surface area contributed by atoms with Crippen molar-refractivity contribution in [2.45, 2.75) is 6.18 Å². The number of benzene rings is 1. The fourth-order valence-corrected chi connectivity index (χ4v) is 2.27. The van der Waals surface area contributed by atoms with Gasteiger partial charge in [-0.1, -0.05) is 0 Å². The predicted octanol–water partition coefficient (Wildman–Crippen LogP) is 0.948. The van der Waals surface area contributed by atoms with Gasteiger partial charge in [0.15, 0.2) is 0 Å². The number of alkyl halides is 3. The largest absolute Gasteiger partial charge is 0.418 e. The number of hydrogen-bond acceptors (Lipinski definition) is 3. The normalized spacial score (nSPS) is 17.3. The van der Waals surface area contributed by atoms with Crippen LogP contribution in [0.25, 0.3) is 0 Å². The molecular formula is C12H15F3N3O2+. The summed E-state index contributed by atoms with van der Waals surface area (Å²) < 4.78 is 39.2. The second-order valence-corrected chi connectivity index (χ2v) is 4.90. The molecule has 1 N–H and O–H groups in total. The van der Waals surface area contributed by atoms with Crippen LogP contribution in [0.15, 0.2) is 18.2 Å². The maximum atomic E-state index is 13.1. The number of nitro benzene ring substituents is 1. The third kappa shape index (κ3) is 3.01. The Hall–Kier alpha value is -1.83. The molecule has 110 valence electrons. The van der Waals surface area contributed by atoms with Gasteiger partial charge in [0.1, 0.15) is 0 Å². The molecule has 1 aromatic rings. The Morgan fingerprint density at radius 3 is 2.40 bits per heavy atom. The van der Waals surface area contributed by atoms with Crippen molar-refractivity contribution in [3.63, 3.8) is 0 Å². The van der Waals surface area contributed by atoms with E-state index < -0.39 is 22.4 Å². The summed E-state index contributed by atoms with van der Waals surface area (Å²) in [6.07, 6.45) is -4.60. The van der Waals surface area contributed by atoms with Gasteiger partial charge in [0.2, 0.25) is 0 Å². The number of likely N-dealkylation sites (N-methyl/N-ethyl adjacent to an activating group) is 1. The van der Waals surface area contributed by atoms with Crippen LogP contribution in [-0.2, 0) is 6.18 Å². The van der Waals surface area contributed by atoms with Crippen molar-refractivity contribution in [1.29, 1.82) is 0 Å². The Balaban J connectivity index is 2.39. The van der Waals surface area contributed by atoms with Crippen LogP contribution in [0.5, 0.6) is 0 Å². The quantitative estimate of drug-likeness (QED) is 0.652. The molecule has 1 aliphatic rings. The van der Waals surface area contributed by atoms with Crippen molar-refractivity contribution in [2.24, 2.45) is 0 Å². The van der Waals surface area contributed by atoms with Crippen LogP contribution in [0.4, 0.5) is 24.5 Å². The van der Waals surface area contributed by atoms with E-state index in [0.29, 0.717) is 19.2 Å². The maximum Gasteiger partial charge on any atom is 0.418 e. The standard InChI is InChI=1S/C12H14F3N3O2/c1-16-4-6-17(7-5-16)11-3-2-9(18(19)20)8-10(11)12(13,14)15/h2-3,8H,4-7H2,1H3/p+1. The van der Waals surface area contributed by atoms with E-state index in [9.17, 15) is 23.3 Å². The molecule has 1 heterocycles. The molecule has 0 saturated carbocycles. The molecule has 0 amide bonds. The van der Waals surface area contributed by atoms with Gasteiger partial charge < -0.3 is 9.80 Å². The minimum absolute atomic E-state index is 0.0237. The molecule has 0 atom stereocenters. The van der Waals surface area contributed by atoms with Gasteiger partial charge in [-0.2, -0.15) is 13.2 Å². The summed E-state index contributed by atoms with van der Waals surface area (Å²) >= 11 is 0. The minimum Gasteiger partial charge on any atom is -0.360 e. The topological polar surface area (TPSA) is 50.8 Å². The van der Waals surface area contributed by atoms with E-state index in [-0.39, 0.29) is 5.69 Å². The third-order valence-corrected chi connectivity index (χ3v) is 3.45. The molecule has 20 heavy (non-hydrogen) atoms. The molecule has 0 spiro atoms. The average Bonchev–Trinajstić information content (AvgIpc) is 2.38. The minimum atomic E-state index is -4.60. The molecule has 0 unspecified atom stereocenters. The molecule has 0 bridgehead atoms. The number of halogens is 3. The molecule has 1 aromatic carbocycles. The van der Waals surface area contributed by atoms with E-state index >= 15 is 0 Å². The average molecular weight is 290 g/mol. The number of rotatable bonds is 2. The molecule has 8 heteroatoms. The lowest BCUT2D eigenvalue weighted by molar-refractivity contribution is -0.880. The number of anilines is 1. The molecule has 1 saturated heterocycles. The molecule has 1 aliphatic heterocycles.